The summed E-state index contributed by atoms with van der Waals surface area (Å²) in [4.78, 5) is 16.7. The molecule has 1 fully saturated rings. The molecule has 1 aromatic carbocycles. The first-order chi connectivity index (χ1) is 13.3. The lowest BCUT2D eigenvalue weighted by Crippen LogP contribution is -2.27. The van der Waals surface area contributed by atoms with E-state index in [1.807, 2.05) is 0 Å². The number of benzene rings is 1. The Hall–Kier alpha value is -2.62. The Labute approximate surface area is 160 Å². The summed E-state index contributed by atoms with van der Waals surface area (Å²) in [7, 11) is 1.69. The fourth-order valence-electron chi connectivity index (χ4n) is 3.14. The highest BCUT2D eigenvalue weighted by atomic mass is 19.4. The molecule has 10 heteroatoms. The van der Waals surface area contributed by atoms with Gasteiger partial charge in [0.2, 0.25) is 11.9 Å². The molecule has 0 aliphatic carbocycles. The second kappa shape index (κ2) is 8.59. The smallest absolute Gasteiger partial charge is 0.406 e. The minimum Gasteiger partial charge on any atom is -0.406 e. The van der Waals surface area contributed by atoms with Crippen LogP contribution in [-0.2, 0) is 18.3 Å². The van der Waals surface area contributed by atoms with Crippen LogP contribution in [0.5, 0.6) is 5.75 Å². The molecule has 0 saturated carbocycles. The summed E-state index contributed by atoms with van der Waals surface area (Å²) in [6.45, 7) is 1.81. The number of hydrogen-bond acceptors (Lipinski definition) is 5. The molecular weight excluding hydrogens is 375 g/mol. The molecule has 0 bridgehead atoms. The van der Waals surface area contributed by atoms with Crippen molar-refractivity contribution in [1.29, 1.82) is 0 Å². The van der Waals surface area contributed by atoms with Crippen LogP contribution in [0.2, 0.25) is 0 Å². The number of carbonyl (C=O) groups excluding carboxylic acids is 1. The fraction of sp³-hybridized carbons (Fsp3) is 0.500. The van der Waals surface area contributed by atoms with E-state index >= 15 is 0 Å². The number of alkyl halides is 3. The second-order valence-electron chi connectivity index (χ2n) is 6.65. The molecule has 2 aromatic rings. The van der Waals surface area contributed by atoms with Crippen LogP contribution in [0.25, 0.3) is 0 Å². The van der Waals surface area contributed by atoms with Gasteiger partial charge in [0, 0.05) is 19.4 Å². The molecule has 1 aromatic heterocycles. The lowest BCUT2D eigenvalue weighted by atomic mass is 9.98. The van der Waals surface area contributed by atoms with Gasteiger partial charge in [-0.25, -0.2) is 4.68 Å². The number of aryl methyl sites for hydroxylation is 2. The summed E-state index contributed by atoms with van der Waals surface area (Å²) in [5.74, 6) is 0.634. The van der Waals surface area contributed by atoms with E-state index in [0.717, 1.165) is 25.9 Å². The van der Waals surface area contributed by atoms with Crippen molar-refractivity contribution in [3.63, 3.8) is 0 Å². The summed E-state index contributed by atoms with van der Waals surface area (Å²) in [5.41, 5.74) is 0.309. The first-order valence-electron chi connectivity index (χ1n) is 9.07. The van der Waals surface area contributed by atoms with E-state index < -0.39 is 6.36 Å². The normalized spacial score (nSPS) is 15.4. The predicted octanol–water partition coefficient (Wildman–Crippen LogP) is 2.75. The molecule has 152 valence electrons. The molecule has 2 N–H and O–H groups in total. The third kappa shape index (κ3) is 5.44. The van der Waals surface area contributed by atoms with Gasteiger partial charge in [0.05, 0.1) is 0 Å². The summed E-state index contributed by atoms with van der Waals surface area (Å²) in [6, 6.07) is 5.79. The van der Waals surface area contributed by atoms with Gasteiger partial charge in [0.25, 0.3) is 0 Å². The Morgan fingerprint density at radius 3 is 2.75 bits per heavy atom. The van der Waals surface area contributed by atoms with Crippen LogP contribution in [0, 0.1) is 0 Å². The zero-order valence-corrected chi connectivity index (χ0v) is 15.4. The molecule has 0 radical (unpaired) electrons. The van der Waals surface area contributed by atoms with Crippen molar-refractivity contribution in [1.82, 2.24) is 20.1 Å². The molecule has 1 saturated heterocycles. The number of amides is 1. The molecular formula is C18H22F3N5O2. The Bertz CT molecular complexity index is 816. The Morgan fingerprint density at radius 2 is 2.04 bits per heavy atom. The summed E-state index contributed by atoms with van der Waals surface area (Å²) >= 11 is 0. The van der Waals surface area contributed by atoms with E-state index in [2.05, 4.69) is 25.5 Å². The van der Waals surface area contributed by atoms with Crippen molar-refractivity contribution in [3.05, 3.63) is 35.7 Å². The fourth-order valence-corrected chi connectivity index (χ4v) is 3.14. The van der Waals surface area contributed by atoms with Gasteiger partial charge in [0.1, 0.15) is 5.75 Å². The highest BCUT2D eigenvalue weighted by molar-refractivity contribution is 5.89. The highest BCUT2D eigenvalue weighted by Crippen LogP contribution is 2.27. The molecule has 1 amide bonds. The third-order valence-corrected chi connectivity index (χ3v) is 4.55. The maximum absolute atomic E-state index is 12.5. The number of halogens is 3. The first kappa shape index (κ1) is 20.1. The number of para-hydroxylation sites is 1. The average molecular weight is 397 g/mol. The van der Waals surface area contributed by atoms with Gasteiger partial charge in [-0.1, -0.05) is 18.2 Å². The quantitative estimate of drug-likeness (QED) is 0.784. The van der Waals surface area contributed by atoms with Crippen molar-refractivity contribution < 1.29 is 22.7 Å². The maximum atomic E-state index is 12.5. The standard InChI is InChI=1S/C18H22F3N5O2/c1-26-17(24-16(25-26)13-8-10-22-11-9-13)23-15(27)7-6-12-4-2-3-5-14(12)28-18(19,20)21/h2-5,13,22H,6-11H2,1H3,(H,23,24,25,27). The second-order valence-corrected chi connectivity index (χ2v) is 6.65. The lowest BCUT2D eigenvalue weighted by molar-refractivity contribution is -0.274. The third-order valence-electron chi connectivity index (χ3n) is 4.55. The van der Waals surface area contributed by atoms with E-state index in [4.69, 9.17) is 0 Å². The van der Waals surface area contributed by atoms with Crippen molar-refractivity contribution in [2.24, 2.45) is 7.05 Å². The van der Waals surface area contributed by atoms with Crippen LogP contribution in [0.1, 0.15) is 36.6 Å². The van der Waals surface area contributed by atoms with E-state index in [-0.39, 0.29) is 30.4 Å². The number of anilines is 1. The van der Waals surface area contributed by atoms with Crippen LogP contribution >= 0.6 is 0 Å². The van der Waals surface area contributed by atoms with E-state index in [1.54, 1.807) is 13.1 Å². The van der Waals surface area contributed by atoms with Crippen LogP contribution < -0.4 is 15.4 Å². The largest absolute Gasteiger partial charge is 0.573 e. The van der Waals surface area contributed by atoms with Crippen LogP contribution in [0.4, 0.5) is 19.1 Å². The summed E-state index contributed by atoms with van der Waals surface area (Å²) in [6.07, 6.45) is -2.80. The molecule has 2 heterocycles. The average Bonchev–Trinajstić information content (AvgIpc) is 3.01. The Kier molecular flexibility index (Phi) is 6.18. The lowest BCUT2D eigenvalue weighted by Gasteiger charge is -2.19. The number of aromatic nitrogens is 3. The SMILES string of the molecule is Cn1nc(C2CCNCC2)nc1NC(=O)CCc1ccccc1OC(F)(F)F. The number of rotatable bonds is 6. The minimum absolute atomic E-state index is 0.00618. The number of piperidine rings is 1. The van der Waals surface area contributed by atoms with Crippen molar-refractivity contribution in [3.8, 4) is 5.75 Å². The predicted molar refractivity (Wildman–Crippen MR) is 95.9 cm³/mol. The van der Waals surface area contributed by atoms with Gasteiger partial charge in [-0.05, 0) is 44.0 Å². The van der Waals surface area contributed by atoms with Gasteiger partial charge < -0.3 is 10.1 Å². The molecule has 0 spiro atoms. The van der Waals surface area contributed by atoms with Gasteiger partial charge in [0.15, 0.2) is 5.82 Å². The summed E-state index contributed by atoms with van der Waals surface area (Å²) < 4.78 is 43.0. The van der Waals surface area contributed by atoms with E-state index in [9.17, 15) is 18.0 Å². The zero-order chi connectivity index (χ0) is 20.1. The van der Waals surface area contributed by atoms with Crippen molar-refractivity contribution in [2.75, 3.05) is 18.4 Å². The van der Waals surface area contributed by atoms with Crippen LogP contribution in [0.15, 0.2) is 24.3 Å². The van der Waals surface area contributed by atoms with E-state index in [0.29, 0.717) is 17.3 Å². The molecule has 7 nitrogen and oxygen atoms in total. The Morgan fingerprint density at radius 1 is 1.32 bits per heavy atom. The van der Waals surface area contributed by atoms with Gasteiger partial charge in [-0.15, -0.1) is 13.2 Å². The number of nitrogens with one attached hydrogen (secondary N) is 2. The van der Waals surface area contributed by atoms with Crippen molar-refractivity contribution >= 4 is 11.9 Å². The number of hydrogen-bond donors (Lipinski definition) is 2. The molecule has 28 heavy (non-hydrogen) atoms. The topological polar surface area (TPSA) is 81.1 Å². The van der Waals surface area contributed by atoms with Gasteiger partial charge in [-0.3, -0.25) is 10.1 Å². The Balaban J connectivity index is 1.59. The van der Waals surface area contributed by atoms with Crippen molar-refractivity contribution in [2.45, 2.75) is 38.0 Å². The monoisotopic (exact) mass is 397 g/mol. The highest BCUT2D eigenvalue weighted by Gasteiger charge is 2.32. The minimum atomic E-state index is -4.78. The zero-order valence-electron chi connectivity index (χ0n) is 15.4. The first-order valence-corrected chi connectivity index (χ1v) is 9.07. The molecule has 0 unspecified atom stereocenters. The number of carbonyl (C=O) groups is 1. The summed E-state index contributed by atoms with van der Waals surface area (Å²) in [5, 5.41) is 10.3. The number of nitrogens with zero attached hydrogens (tertiary/aromatic N) is 3. The maximum Gasteiger partial charge on any atom is 0.573 e. The number of ether oxygens (including phenoxy) is 1. The van der Waals surface area contributed by atoms with E-state index in [1.165, 1.54) is 22.9 Å². The molecule has 1 aliphatic heterocycles. The van der Waals surface area contributed by atoms with Crippen LogP contribution in [-0.4, -0.2) is 40.1 Å². The molecule has 1 aliphatic rings. The van der Waals surface area contributed by atoms with Gasteiger partial charge >= 0.3 is 6.36 Å². The van der Waals surface area contributed by atoms with Crippen LogP contribution in [0.3, 0.4) is 0 Å². The molecule has 0 atom stereocenters. The van der Waals surface area contributed by atoms with Gasteiger partial charge in [-0.2, -0.15) is 10.1 Å². The molecule has 3 rings (SSSR count).